The van der Waals surface area contributed by atoms with Crippen LogP contribution < -0.4 is 10.4 Å². The van der Waals surface area contributed by atoms with Crippen molar-refractivity contribution >= 4 is 8.17 Å². The van der Waals surface area contributed by atoms with Crippen molar-refractivity contribution in [1.82, 2.24) is 0 Å². The van der Waals surface area contributed by atoms with Crippen LogP contribution >= 0.6 is 8.17 Å². The van der Waals surface area contributed by atoms with Crippen LogP contribution in [0, 0.1) is 0 Å². The maximum atomic E-state index is 12.2. The molecule has 2 aromatic carbocycles. The molecule has 0 aromatic heterocycles. The monoisotopic (exact) mass is 295 g/mol. The summed E-state index contributed by atoms with van der Waals surface area (Å²) in [6, 6.07) is 15.1. The Balaban J connectivity index is 2.04. The average molecular weight is 295 g/mol. The van der Waals surface area contributed by atoms with Crippen LogP contribution in [0.3, 0.4) is 0 Å². The SMILES string of the molecule is NO[P+]([O])(OCc1ccccc1)Oc1ccccc1O. The minimum Gasteiger partial charge on any atom is -0.504 e. The van der Waals surface area contributed by atoms with Crippen molar-refractivity contribution in [2.45, 2.75) is 6.61 Å². The molecule has 105 valence electrons. The van der Waals surface area contributed by atoms with Crippen LogP contribution in [-0.4, -0.2) is 5.11 Å². The minimum atomic E-state index is -4.00. The van der Waals surface area contributed by atoms with Gasteiger partial charge in [0.15, 0.2) is 5.75 Å². The molecule has 3 N–H and O–H groups in total. The first-order chi connectivity index (χ1) is 9.63. The molecule has 0 bridgehead atoms. The van der Waals surface area contributed by atoms with Crippen LogP contribution in [-0.2, 0) is 20.6 Å². The second kappa shape index (κ2) is 6.65. The summed E-state index contributed by atoms with van der Waals surface area (Å²) in [5.74, 6) is 4.75. The topological polar surface area (TPSA) is 93.8 Å². The van der Waals surface area contributed by atoms with Crippen molar-refractivity contribution in [1.29, 1.82) is 0 Å². The molecule has 1 atom stereocenters. The molecule has 0 amide bonds. The van der Waals surface area contributed by atoms with E-state index in [1.165, 1.54) is 12.1 Å². The lowest BCUT2D eigenvalue weighted by Crippen LogP contribution is -2.11. The molecule has 0 aliphatic heterocycles. The fraction of sp³-hybridized carbons (Fsp3) is 0.0769. The number of nitrogens with two attached hydrogens (primary N) is 1. The molecule has 0 aliphatic carbocycles. The van der Waals surface area contributed by atoms with Gasteiger partial charge >= 0.3 is 8.17 Å². The number of hydrogen-bond donors (Lipinski definition) is 2. The van der Waals surface area contributed by atoms with Gasteiger partial charge in [0.05, 0.1) is 4.89 Å². The third-order valence-electron chi connectivity index (χ3n) is 2.44. The number of para-hydroxylation sites is 2. The van der Waals surface area contributed by atoms with Gasteiger partial charge in [-0.1, -0.05) is 47.1 Å². The molecule has 0 fully saturated rings. The average Bonchev–Trinajstić information content (AvgIpc) is 2.49. The second-order valence-corrected chi connectivity index (χ2v) is 5.42. The third-order valence-corrected chi connectivity index (χ3v) is 3.56. The first-order valence-electron chi connectivity index (χ1n) is 5.77. The zero-order chi connectivity index (χ0) is 14.4. The smallest absolute Gasteiger partial charge is 0.504 e. The van der Waals surface area contributed by atoms with Gasteiger partial charge in [0, 0.05) is 0 Å². The van der Waals surface area contributed by atoms with Gasteiger partial charge in [0.1, 0.15) is 6.61 Å². The summed E-state index contributed by atoms with van der Waals surface area (Å²) in [5, 5.41) is 9.56. The predicted molar refractivity (Wildman–Crippen MR) is 72.8 cm³/mol. The van der Waals surface area contributed by atoms with Gasteiger partial charge in [-0.05, 0) is 17.7 Å². The zero-order valence-corrected chi connectivity index (χ0v) is 11.4. The minimum absolute atomic E-state index is 0.00289. The van der Waals surface area contributed by atoms with Crippen molar-refractivity contribution in [3.63, 3.8) is 0 Å². The van der Waals surface area contributed by atoms with E-state index in [9.17, 15) is 10.00 Å². The van der Waals surface area contributed by atoms with Crippen molar-refractivity contribution in [2.75, 3.05) is 0 Å². The molecular formula is C13H14NO5P+. The number of rotatable bonds is 6. The van der Waals surface area contributed by atoms with Crippen molar-refractivity contribution in [3.8, 4) is 11.5 Å². The van der Waals surface area contributed by atoms with Gasteiger partial charge in [0.2, 0.25) is 5.75 Å². The first-order valence-corrected chi connectivity index (χ1v) is 7.23. The highest BCUT2D eigenvalue weighted by Gasteiger charge is 2.50. The van der Waals surface area contributed by atoms with E-state index in [1.54, 1.807) is 24.3 Å². The first kappa shape index (κ1) is 14.7. The van der Waals surface area contributed by atoms with Crippen LogP contribution in [0.5, 0.6) is 11.5 Å². The van der Waals surface area contributed by atoms with E-state index in [2.05, 4.69) is 4.62 Å². The van der Waals surface area contributed by atoms with Crippen LogP contribution in [0.15, 0.2) is 54.6 Å². The number of benzene rings is 2. The van der Waals surface area contributed by atoms with Crippen LogP contribution in [0.2, 0.25) is 0 Å². The molecule has 20 heavy (non-hydrogen) atoms. The lowest BCUT2D eigenvalue weighted by molar-refractivity contribution is 0.0945. The highest BCUT2D eigenvalue weighted by molar-refractivity contribution is 7.55. The Morgan fingerprint density at radius 2 is 1.70 bits per heavy atom. The number of phenols is 1. The standard InChI is InChI=1S/C13H14NO5P/c14-19-20(16,17-10-11-6-2-1-3-7-11)18-13-9-5-4-8-12(13)15/h1-9,15H,10,14H2/q+1. The number of phenolic OH excluding ortho intramolecular Hbond substituents is 1. The maximum absolute atomic E-state index is 12.2. The molecule has 7 heteroatoms. The lowest BCUT2D eigenvalue weighted by atomic mass is 10.2. The molecular weight excluding hydrogens is 281 g/mol. The van der Waals surface area contributed by atoms with E-state index in [1.807, 2.05) is 18.2 Å². The van der Waals surface area contributed by atoms with Gasteiger partial charge in [-0.25, -0.2) is 0 Å². The molecule has 2 aromatic rings. The van der Waals surface area contributed by atoms with Crippen molar-refractivity contribution in [3.05, 3.63) is 60.2 Å². The lowest BCUT2D eigenvalue weighted by Gasteiger charge is -2.11. The summed E-state index contributed by atoms with van der Waals surface area (Å²) < 4.78 is 14.5. The van der Waals surface area contributed by atoms with E-state index in [0.29, 0.717) is 0 Å². The van der Waals surface area contributed by atoms with E-state index < -0.39 is 8.17 Å². The summed E-state index contributed by atoms with van der Waals surface area (Å²) in [5.41, 5.74) is 0.783. The normalized spacial score (nSPS) is 13.7. The van der Waals surface area contributed by atoms with E-state index in [0.717, 1.165) is 5.56 Å². The summed E-state index contributed by atoms with van der Waals surface area (Å²) >= 11 is 0. The van der Waals surface area contributed by atoms with Crippen molar-refractivity contribution < 1.29 is 23.7 Å². The summed E-state index contributed by atoms with van der Waals surface area (Å²) in [7, 11) is -4.00. The summed E-state index contributed by atoms with van der Waals surface area (Å²) in [4.78, 5) is 12.2. The maximum Gasteiger partial charge on any atom is 0.674 e. The Morgan fingerprint density at radius 3 is 2.35 bits per heavy atom. The third kappa shape index (κ3) is 3.90. The molecule has 1 unspecified atom stereocenters. The highest BCUT2D eigenvalue weighted by Crippen LogP contribution is 2.58. The number of aromatic hydroxyl groups is 1. The zero-order valence-electron chi connectivity index (χ0n) is 10.5. The Bertz CT molecular complexity index is 553. The molecule has 0 heterocycles. The summed E-state index contributed by atoms with van der Waals surface area (Å²) in [6.45, 7) is 0.00289. The van der Waals surface area contributed by atoms with Crippen LogP contribution in [0.1, 0.15) is 5.56 Å². The molecule has 2 rings (SSSR count). The molecule has 1 radical (unpaired) electrons. The molecule has 0 spiro atoms. The van der Waals surface area contributed by atoms with Crippen LogP contribution in [0.25, 0.3) is 0 Å². The van der Waals surface area contributed by atoms with Crippen LogP contribution in [0.4, 0.5) is 0 Å². The highest BCUT2D eigenvalue weighted by atomic mass is 31.2. The largest absolute Gasteiger partial charge is 0.674 e. The van der Waals surface area contributed by atoms with Gasteiger partial charge < -0.3 is 5.11 Å². The molecule has 0 aliphatic rings. The van der Waals surface area contributed by atoms with E-state index in [-0.39, 0.29) is 18.1 Å². The molecule has 6 nitrogen and oxygen atoms in total. The Morgan fingerprint density at radius 1 is 1.05 bits per heavy atom. The van der Waals surface area contributed by atoms with Gasteiger partial charge in [-0.3, -0.25) is 4.52 Å². The quantitative estimate of drug-likeness (QED) is 0.631. The van der Waals surface area contributed by atoms with Gasteiger partial charge in [-0.15, -0.1) is 4.52 Å². The predicted octanol–water partition coefficient (Wildman–Crippen LogP) is 2.99. The molecule has 0 saturated carbocycles. The fourth-order valence-corrected chi connectivity index (χ4v) is 2.32. The Labute approximate surface area is 117 Å². The number of hydrogen-bond acceptors (Lipinski definition) is 5. The van der Waals surface area contributed by atoms with E-state index in [4.69, 9.17) is 14.9 Å². The Hall–Kier alpha value is -1.69. The van der Waals surface area contributed by atoms with Crippen molar-refractivity contribution in [2.24, 2.45) is 5.90 Å². The van der Waals surface area contributed by atoms with Gasteiger partial charge in [-0.2, -0.15) is 5.90 Å². The molecule has 0 saturated heterocycles. The second-order valence-electron chi connectivity index (χ2n) is 3.87. The Kier molecular flexibility index (Phi) is 4.89. The fourth-order valence-electron chi connectivity index (χ4n) is 1.46. The van der Waals surface area contributed by atoms with Gasteiger partial charge in [0.25, 0.3) is 0 Å². The summed E-state index contributed by atoms with van der Waals surface area (Å²) in [6.07, 6.45) is 0. The van der Waals surface area contributed by atoms with E-state index >= 15 is 0 Å².